The topological polar surface area (TPSA) is 50.1 Å². The molecule has 106 valence electrons. The number of para-hydroxylation sites is 1. The minimum absolute atomic E-state index is 0.123. The van der Waals surface area contributed by atoms with Crippen LogP contribution in [0, 0.1) is 23.2 Å². The Morgan fingerprint density at radius 3 is 2.60 bits per heavy atom. The summed E-state index contributed by atoms with van der Waals surface area (Å²) in [5, 5.41) is 9.06. The fourth-order valence-corrected chi connectivity index (χ4v) is 3.09. The molecule has 0 bridgehead atoms. The van der Waals surface area contributed by atoms with Crippen LogP contribution in [-0.4, -0.2) is 11.4 Å². The summed E-state index contributed by atoms with van der Waals surface area (Å²) < 4.78 is 6.22. The summed E-state index contributed by atoms with van der Waals surface area (Å²) in [6.45, 7) is 5.97. The number of benzene rings is 1. The van der Waals surface area contributed by atoms with Gasteiger partial charge in [0.25, 0.3) is 0 Å². The quantitative estimate of drug-likeness (QED) is 0.832. The summed E-state index contributed by atoms with van der Waals surface area (Å²) in [7, 11) is 0. The van der Waals surface area contributed by atoms with Crippen molar-refractivity contribution in [3.05, 3.63) is 29.8 Å². The second-order valence-corrected chi connectivity index (χ2v) is 5.55. The first-order valence-corrected chi connectivity index (χ1v) is 7.29. The molecule has 0 saturated carbocycles. The molecule has 0 fully saturated rings. The van der Waals surface area contributed by atoms with Crippen molar-refractivity contribution < 1.29 is 9.53 Å². The van der Waals surface area contributed by atoms with E-state index < -0.39 is 5.60 Å². The Hall–Kier alpha value is -1.82. The van der Waals surface area contributed by atoms with Crippen molar-refractivity contribution in [1.82, 2.24) is 0 Å². The third-order valence-electron chi connectivity index (χ3n) is 4.42. The Bertz CT molecular complexity index is 540. The van der Waals surface area contributed by atoms with Gasteiger partial charge in [-0.2, -0.15) is 5.26 Å². The molecule has 1 heterocycles. The number of rotatable bonds is 4. The maximum Gasteiger partial charge on any atom is 0.173 e. The van der Waals surface area contributed by atoms with Gasteiger partial charge < -0.3 is 4.74 Å². The number of Topliss-reactive ketones (excluding diaryl/α,β-unsaturated/α-hetero) is 1. The number of ketones is 1. The van der Waals surface area contributed by atoms with Crippen molar-refractivity contribution in [2.75, 3.05) is 0 Å². The molecule has 0 N–H and O–H groups in total. The Morgan fingerprint density at radius 2 is 2.00 bits per heavy atom. The van der Waals surface area contributed by atoms with E-state index >= 15 is 0 Å². The summed E-state index contributed by atoms with van der Waals surface area (Å²) in [6.07, 6.45) is 2.10. The summed E-state index contributed by atoms with van der Waals surface area (Å²) in [6, 6.07) is 9.66. The second kappa shape index (κ2) is 5.66. The first-order chi connectivity index (χ1) is 9.57. The number of ether oxygens (including phenoxy) is 1. The van der Waals surface area contributed by atoms with Gasteiger partial charge in [-0.15, -0.1) is 0 Å². The second-order valence-electron chi connectivity index (χ2n) is 5.55. The van der Waals surface area contributed by atoms with Crippen LogP contribution in [0.15, 0.2) is 24.3 Å². The van der Waals surface area contributed by atoms with Crippen LogP contribution in [0.1, 0.15) is 50.4 Å². The van der Waals surface area contributed by atoms with Crippen molar-refractivity contribution in [2.45, 2.75) is 45.6 Å². The van der Waals surface area contributed by atoms with E-state index in [-0.39, 0.29) is 17.6 Å². The lowest BCUT2D eigenvalue weighted by molar-refractivity contribution is -0.0105. The molecular weight excluding hydrogens is 250 g/mol. The molecule has 2 atom stereocenters. The first kappa shape index (κ1) is 14.6. The van der Waals surface area contributed by atoms with Crippen molar-refractivity contribution in [3.63, 3.8) is 0 Å². The Kier molecular flexibility index (Phi) is 4.13. The zero-order valence-electron chi connectivity index (χ0n) is 12.3. The molecule has 2 unspecified atom stereocenters. The lowest BCUT2D eigenvalue weighted by Crippen LogP contribution is -2.50. The average molecular weight is 271 g/mol. The lowest BCUT2D eigenvalue weighted by atomic mass is 9.72. The molecule has 0 spiro atoms. The normalized spacial score (nSPS) is 21.5. The summed E-state index contributed by atoms with van der Waals surface area (Å²) in [4.78, 5) is 12.8. The zero-order valence-corrected chi connectivity index (χ0v) is 12.3. The fraction of sp³-hybridized carbons (Fsp3) is 0.529. The number of carbonyl (C=O) groups is 1. The van der Waals surface area contributed by atoms with E-state index in [0.29, 0.717) is 17.7 Å². The standard InChI is InChI=1S/C17H21NO2/c1-4-17(5-2)14(10-12(3)11-18)16(19)13-8-6-7-9-15(13)20-17/h6-9,12,14H,4-5,10H2,1-3H3. The van der Waals surface area contributed by atoms with E-state index in [1.165, 1.54) is 0 Å². The summed E-state index contributed by atoms with van der Waals surface area (Å²) in [5.41, 5.74) is 0.177. The van der Waals surface area contributed by atoms with Gasteiger partial charge >= 0.3 is 0 Å². The lowest BCUT2D eigenvalue weighted by Gasteiger charge is -2.43. The van der Waals surface area contributed by atoms with Gasteiger partial charge in [0, 0.05) is 5.92 Å². The monoisotopic (exact) mass is 271 g/mol. The van der Waals surface area contributed by atoms with E-state index in [9.17, 15) is 4.79 Å². The predicted octanol–water partition coefficient (Wildman–Crippen LogP) is 3.99. The maximum atomic E-state index is 12.8. The highest BCUT2D eigenvalue weighted by atomic mass is 16.5. The van der Waals surface area contributed by atoms with E-state index in [0.717, 1.165) is 12.8 Å². The van der Waals surface area contributed by atoms with E-state index in [1.807, 2.05) is 31.2 Å². The molecule has 0 aromatic heterocycles. The molecule has 3 heteroatoms. The summed E-state index contributed by atoms with van der Waals surface area (Å²) >= 11 is 0. The molecule has 0 aliphatic carbocycles. The minimum Gasteiger partial charge on any atom is -0.486 e. The number of nitrogens with zero attached hydrogens (tertiary/aromatic N) is 1. The highest BCUT2D eigenvalue weighted by molar-refractivity contribution is 6.02. The van der Waals surface area contributed by atoms with Crippen LogP contribution in [0.4, 0.5) is 0 Å². The van der Waals surface area contributed by atoms with Gasteiger partial charge in [-0.3, -0.25) is 4.79 Å². The number of hydrogen-bond acceptors (Lipinski definition) is 3. The molecular formula is C17H21NO2. The zero-order chi connectivity index (χ0) is 14.8. The van der Waals surface area contributed by atoms with Crippen molar-refractivity contribution in [1.29, 1.82) is 5.26 Å². The number of carbonyl (C=O) groups excluding carboxylic acids is 1. The molecule has 0 amide bonds. The van der Waals surface area contributed by atoms with Crippen LogP contribution in [0.5, 0.6) is 5.75 Å². The van der Waals surface area contributed by atoms with E-state index in [4.69, 9.17) is 10.00 Å². The highest BCUT2D eigenvalue weighted by Crippen LogP contribution is 2.43. The number of nitriles is 1. The minimum atomic E-state index is -0.476. The maximum absolute atomic E-state index is 12.8. The smallest absolute Gasteiger partial charge is 0.173 e. The molecule has 1 aromatic rings. The van der Waals surface area contributed by atoms with Crippen LogP contribution in [0.25, 0.3) is 0 Å². The molecule has 2 rings (SSSR count). The molecule has 3 nitrogen and oxygen atoms in total. The van der Waals surface area contributed by atoms with E-state index in [2.05, 4.69) is 19.9 Å². The van der Waals surface area contributed by atoms with Gasteiger partial charge in [-0.05, 0) is 38.3 Å². The van der Waals surface area contributed by atoms with Crippen LogP contribution < -0.4 is 4.74 Å². The average Bonchev–Trinajstić information content (AvgIpc) is 2.49. The Balaban J connectivity index is 2.46. The van der Waals surface area contributed by atoms with Gasteiger partial charge in [0.05, 0.1) is 17.6 Å². The van der Waals surface area contributed by atoms with Crippen molar-refractivity contribution in [2.24, 2.45) is 11.8 Å². The van der Waals surface area contributed by atoms with Crippen LogP contribution >= 0.6 is 0 Å². The molecule has 0 saturated heterocycles. The SMILES string of the molecule is CCC1(CC)Oc2ccccc2C(=O)C1CC(C)C#N. The number of fused-ring (bicyclic) bond motifs is 1. The summed E-state index contributed by atoms with van der Waals surface area (Å²) in [5.74, 6) is 0.428. The first-order valence-electron chi connectivity index (χ1n) is 7.29. The van der Waals surface area contributed by atoms with Gasteiger partial charge in [0.15, 0.2) is 5.78 Å². The van der Waals surface area contributed by atoms with Crippen molar-refractivity contribution >= 4 is 5.78 Å². The van der Waals surface area contributed by atoms with Gasteiger partial charge in [0.1, 0.15) is 11.4 Å². The van der Waals surface area contributed by atoms with Gasteiger partial charge in [-0.1, -0.05) is 26.0 Å². The molecule has 1 aliphatic heterocycles. The number of hydrogen-bond donors (Lipinski definition) is 0. The Labute approximate surface area is 120 Å². The van der Waals surface area contributed by atoms with Crippen LogP contribution in [-0.2, 0) is 0 Å². The molecule has 20 heavy (non-hydrogen) atoms. The largest absolute Gasteiger partial charge is 0.486 e. The third-order valence-corrected chi connectivity index (χ3v) is 4.42. The van der Waals surface area contributed by atoms with Gasteiger partial charge in [0.2, 0.25) is 0 Å². The molecule has 1 aromatic carbocycles. The van der Waals surface area contributed by atoms with Crippen molar-refractivity contribution in [3.8, 4) is 11.8 Å². The van der Waals surface area contributed by atoms with Gasteiger partial charge in [-0.25, -0.2) is 0 Å². The highest BCUT2D eigenvalue weighted by Gasteiger charge is 2.47. The molecule has 0 radical (unpaired) electrons. The van der Waals surface area contributed by atoms with Crippen LogP contribution in [0.2, 0.25) is 0 Å². The van der Waals surface area contributed by atoms with E-state index in [1.54, 1.807) is 0 Å². The third kappa shape index (κ3) is 2.31. The predicted molar refractivity (Wildman–Crippen MR) is 77.6 cm³/mol. The Morgan fingerprint density at radius 1 is 1.35 bits per heavy atom. The van der Waals surface area contributed by atoms with Crippen LogP contribution in [0.3, 0.4) is 0 Å². The molecule has 1 aliphatic rings. The fourth-order valence-electron chi connectivity index (χ4n) is 3.09.